The molecule has 4 aromatic rings. The van der Waals surface area contributed by atoms with Crippen molar-refractivity contribution in [1.82, 2.24) is 54.9 Å². The number of anilines is 4. The zero-order valence-electron chi connectivity index (χ0n) is 40.7. The SMILES string of the molecule is Cn1cc(Nc2ncc(-c3nnco3)c(NC3CCC(N4CCN(C(=O)C5CCC(C(=O)N6CCC(CCCN7CCN(c8ccc(C9CCC(=O)NC9=O)cc8)CC7)CC6)CC5)CC4)CC3)n2)cn1. The Morgan fingerprint density at radius 1 is 0.786 bits per heavy atom. The van der Waals surface area contributed by atoms with Gasteiger partial charge in [-0.3, -0.25) is 39.0 Å². The molecular weight excluding hydrogens is 889 g/mol. The van der Waals surface area contributed by atoms with Crippen molar-refractivity contribution in [3.63, 3.8) is 0 Å². The minimum Gasteiger partial charge on any atom is -0.423 e. The minimum atomic E-state index is -0.245. The van der Waals surface area contributed by atoms with Gasteiger partial charge in [0.1, 0.15) is 5.82 Å². The number of hydrogen-bond donors (Lipinski definition) is 3. The summed E-state index contributed by atoms with van der Waals surface area (Å²) in [5, 5.41) is 21.5. The van der Waals surface area contributed by atoms with Gasteiger partial charge in [-0.15, -0.1) is 10.2 Å². The quantitative estimate of drug-likeness (QED) is 0.142. The summed E-state index contributed by atoms with van der Waals surface area (Å²) in [5.41, 5.74) is 3.63. The molecule has 10 rings (SSSR count). The van der Waals surface area contributed by atoms with Crippen LogP contribution in [0.3, 0.4) is 0 Å². The highest BCUT2D eigenvalue weighted by Gasteiger charge is 2.37. The van der Waals surface area contributed by atoms with E-state index in [9.17, 15) is 19.2 Å². The number of carbonyl (C=O) groups excluding carboxylic acids is 4. The lowest BCUT2D eigenvalue weighted by Crippen LogP contribution is -2.54. The van der Waals surface area contributed by atoms with E-state index < -0.39 is 0 Å². The van der Waals surface area contributed by atoms with E-state index >= 15 is 0 Å². The van der Waals surface area contributed by atoms with Crippen molar-refractivity contribution in [1.29, 1.82) is 0 Å². The molecule has 2 saturated carbocycles. The highest BCUT2D eigenvalue weighted by molar-refractivity contribution is 6.01. The van der Waals surface area contributed by atoms with Crippen LogP contribution >= 0.6 is 0 Å². The molecule has 1 atom stereocenters. The van der Waals surface area contributed by atoms with Crippen LogP contribution in [0.15, 0.2) is 53.7 Å². The third-order valence-electron chi connectivity index (χ3n) is 16.2. The smallest absolute Gasteiger partial charge is 0.252 e. The normalized spacial score (nSPS) is 25.4. The summed E-state index contributed by atoms with van der Waals surface area (Å²) in [6.07, 6.45) is 19.6. The maximum absolute atomic E-state index is 13.8. The molecular formula is C51H70N14O5. The summed E-state index contributed by atoms with van der Waals surface area (Å²) in [4.78, 5) is 72.5. The summed E-state index contributed by atoms with van der Waals surface area (Å²) in [7, 11) is 1.86. The van der Waals surface area contributed by atoms with Crippen molar-refractivity contribution in [2.45, 2.75) is 108 Å². The fourth-order valence-electron chi connectivity index (χ4n) is 12.0. The van der Waals surface area contributed by atoms with E-state index in [-0.39, 0.29) is 35.6 Å². The van der Waals surface area contributed by atoms with Gasteiger partial charge < -0.3 is 29.8 Å². The largest absolute Gasteiger partial charge is 0.423 e. The molecule has 70 heavy (non-hydrogen) atoms. The molecule has 0 radical (unpaired) electrons. The molecule has 4 saturated heterocycles. The molecule has 374 valence electrons. The summed E-state index contributed by atoms with van der Waals surface area (Å²) < 4.78 is 7.24. The van der Waals surface area contributed by atoms with Gasteiger partial charge in [-0.05, 0) is 114 Å². The maximum Gasteiger partial charge on any atom is 0.252 e. The van der Waals surface area contributed by atoms with Crippen LogP contribution in [-0.4, -0.2) is 157 Å². The topological polar surface area (TPSA) is 203 Å². The van der Waals surface area contributed by atoms with Crippen molar-refractivity contribution >= 4 is 46.8 Å². The molecule has 0 spiro atoms. The number of amides is 4. The van der Waals surface area contributed by atoms with Gasteiger partial charge in [-0.25, -0.2) is 4.98 Å². The monoisotopic (exact) mass is 959 g/mol. The number of benzene rings is 1. The standard InChI is InChI=1S/C51H70N14O5/c1-60-33-40(31-54-60)56-51-52-32-44(48-59-53-34-70-48)46(58-51)55-39-10-14-42(15-11-39)63-27-29-65(30-28-63)50(69)38-6-4-37(5-7-38)49(68)64-21-18-35(19-22-64)3-2-20-61-23-25-62(26-24-61)41-12-8-36(9-13-41)43-16-17-45(66)57-47(43)67/h8-9,12-13,31-35,37-39,42-43H,2-7,10-11,14-30H2,1H3,(H,57,66,67)(H2,52,55,56,58). The predicted molar refractivity (Wildman–Crippen MR) is 264 cm³/mol. The van der Waals surface area contributed by atoms with E-state index in [0.29, 0.717) is 59.8 Å². The van der Waals surface area contributed by atoms with Gasteiger partial charge in [0.15, 0.2) is 0 Å². The molecule has 0 bridgehead atoms. The van der Waals surface area contributed by atoms with E-state index in [1.807, 2.05) is 25.4 Å². The third kappa shape index (κ3) is 11.5. The number of imide groups is 1. The van der Waals surface area contributed by atoms with Crippen LogP contribution in [0.4, 0.5) is 23.1 Å². The Labute approximate surface area is 410 Å². The maximum atomic E-state index is 13.8. The molecule has 7 heterocycles. The average molecular weight is 959 g/mol. The molecule has 3 aromatic heterocycles. The number of piperidine rings is 2. The Hall–Kier alpha value is -5.95. The van der Waals surface area contributed by atoms with E-state index in [0.717, 1.165) is 147 Å². The number of likely N-dealkylation sites (tertiary alicyclic amines) is 1. The lowest BCUT2D eigenvalue weighted by Gasteiger charge is -2.43. The highest BCUT2D eigenvalue weighted by Crippen LogP contribution is 2.35. The number of nitrogens with zero attached hydrogens (tertiary/aromatic N) is 11. The van der Waals surface area contributed by atoms with E-state index in [1.54, 1.807) is 17.1 Å². The average Bonchev–Trinajstić information content (AvgIpc) is 4.09. The second kappa shape index (κ2) is 22.0. The van der Waals surface area contributed by atoms with Gasteiger partial charge in [-0.2, -0.15) is 10.1 Å². The number of rotatable bonds is 14. The van der Waals surface area contributed by atoms with Crippen molar-refractivity contribution in [2.75, 3.05) is 87.5 Å². The lowest BCUT2D eigenvalue weighted by atomic mass is 9.80. The number of hydrogen-bond acceptors (Lipinski definition) is 15. The summed E-state index contributed by atoms with van der Waals surface area (Å²) in [6, 6.07) is 9.05. The molecule has 6 aliphatic rings. The first kappa shape index (κ1) is 47.7. The van der Waals surface area contributed by atoms with Crippen LogP contribution in [0.2, 0.25) is 0 Å². The van der Waals surface area contributed by atoms with Gasteiger partial charge in [0.2, 0.25) is 36.0 Å². The van der Waals surface area contributed by atoms with Crippen molar-refractivity contribution in [2.24, 2.45) is 24.8 Å². The Bertz CT molecular complexity index is 2390. The molecule has 3 N–H and O–H groups in total. The molecule has 1 aromatic carbocycles. The van der Waals surface area contributed by atoms with Crippen LogP contribution in [0.25, 0.3) is 11.5 Å². The van der Waals surface area contributed by atoms with Crippen LogP contribution in [0, 0.1) is 17.8 Å². The molecule has 1 unspecified atom stereocenters. The van der Waals surface area contributed by atoms with E-state index in [1.165, 1.54) is 24.9 Å². The Kier molecular flexibility index (Phi) is 15.0. The first-order valence-electron chi connectivity index (χ1n) is 26.1. The molecule has 6 fully saturated rings. The predicted octanol–water partition coefficient (Wildman–Crippen LogP) is 5.04. The fourth-order valence-corrected chi connectivity index (χ4v) is 12.0. The Morgan fingerprint density at radius 2 is 1.49 bits per heavy atom. The zero-order chi connectivity index (χ0) is 48.0. The van der Waals surface area contributed by atoms with Gasteiger partial charge in [0.25, 0.3) is 5.89 Å². The van der Waals surface area contributed by atoms with Gasteiger partial charge in [0.05, 0.1) is 23.4 Å². The molecule has 4 aliphatic heterocycles. The second-order valence-electron chi connectivity index (χ2n) is 20.6. The summed E-state index contributed by atoms with van der Waals surface area (Å²) in [6.45, 7) is 10.3. The number of aryl methyl sites for hydroxylation is 1. The summed E-state index contributed by atoms with van der Waals surface area (Å²) >= 11 is 0. The first-order valence-corrected chi connectivity index (χ1v) is 26.1. The van der Waals surface area contributed by atoms with Crippen LogP contribution in [0.1, 0.15) is 101 Å². The second-order valence-corrected chi connectivity index (χ2v) is 20.6. The first-order chi connectivity index (χ1) is 34.2. The summed E-state index contributed by atoms with van der Waals surface area (Å²) in [5.74, 6) is 2.23. The highest BCUT2D eigenvalue weighted by atomic mass is 16.4. The van der Waals surface area contributed by atoms with Gasteiger partial charge in [0, 0.05) is 121 Å². The Morgan fingerprint density at radius 3 is 2.13 bits per heavy atom. The molecule has 19 heteroatoms. The Balaban J connectivity index is 0.591. The lowest BCUT2D eigenvalue weighted by molar-refractivity contribution is -0.143. The number of piperazine rings is 2. The van der Waals surface area contributed by atoms with Gasteiger partial charge in [-0.1, -0.05) is 12.1 Å². The van der Waals surface area contributed by atoms with Crippen molar-refractivity contribution < 1.29 is 23.6 Å². The number of aromatic nitrogens is 6. The third-order valence-corrected chi connectivity index (χ3v) is 16.2. The molecule has 19 nitrogen and oxygen atoms in total. The fraction of sp³-hybridized carbons (Fsp3) is 0.627. The van der Waals surface area contributed by atoms with Crippen molar-refractivity contribution in [3.05, 3.63) is 54.8 Å². The van der Waals surface area contributed by atoms with Gasteiger partial charge >= 0.3 is 0 Å². The van der Waals surface area contributed by atoms with Crippen LogP contribution in [0.5, 0.6) is 0 Å². The van der Waals surface area contributed by atoms with E-state index in [4.69, 9.17) is 9.40 Å². The zero-order valence-corrected chi connectivity index (χ0v) is 40.7. The number of carbonyl (C=O) groups is 4. The van der Waals surface area contributed by atoms with E-state index in [2.05, 4.69) is 72.9 Å². The van der Waals surface area contributed by atoms with Crippen LogP contribution < -0.4 is 20.9 Å². The minimum absolute atomic E-state index is 0.0307. The number of nitrogens with one attached hydrogen (secondary N) is 3. The van der Waals surface area contributed by atoms with Crippen molar-refractivity contribution in [3.8, 4) is 11.5 Å². The molecule has 2 aliphatic carbocycles. The molecule has 4 amide bonds. The van der Waals surface area contributed by atoms with Crippen LogP contribution in [-0.2, 0) is 26.2 Å².